The van der Waals surface area contributed by atoms with Crippen molar-refractivity contribution in [3.8, 4) is 11.8 Å². The topological polar surface area (TPSA) is 42.2 Å². The molecule has 1 aliphatic rings. The van der Waals surface area contributed by atoms with Gasteiger partial charge in [0.1, 0.15) is 11.9 Å². The molecule has 18 heavy (non-hydrogen) atoms. The van der Waals surface area contributed by atoms with E-state index in [2.05, 4.69) is 12.1 Å². The van der Waals surface area contributed by atoms with E-state index in [4.69, 9.17) is 14.7 Å². The molecule has 0 saturated heterocycles. The molecular formula is C15H17NO2. The van der Waals surface area contributed by atoms with Crippen LogP contribution in [0.3, 0.4) is 0 Å². The van der Waals surface area contributed by atoms with Gasteiger partial charge in [0.15, 0.2) is 0 Å². The van der Waals surface area contributed by atoms with Gasteiger partial charge in [0.2, 0.25) is 0 Å². The van der Waals surface area contributed by atoms with Crippen molar-refractivity contribution >= 4 is 0 Å². The summed E-state index contributed by atoms with van der Waals surface area (Å²) in [6, 6.07) is 9.34. The number of benzene rings is 1. The van der Waals surface area contributed by atoms with Crippen LogP contribution in [0, 0.1) is 11.3 Å². The van der Waals surface area contributed by atoms with Crippen molar-refractivity contribution in [1.29, 1.82) is 5.26 Å². The molecule has 3 nitrogen and oxygen atoms in total. The van der Waals surface area contributed by atoms with Crippen molar-refractivity contribution in [2.24, 2.45) is 0 Å². The van der Waals surface area contributed by atoms with E-state index in [0.29, 0.717) is 12.2 Å². The number of nitrogens with zero attached hydrogens (tertiary/aromatic N) is 1. The Balaban J connectivity index is 2.00. The Morgan fingerprint density at radius 2 is 2.11 bits per heavy atom. The van der Waals surface area contributed by atoms with Gasteiger partial charge >= 0.3 is 0 Å². The molecule has 94 valence electrons. The van der Waals surface area contributed by atoms with Gasteiger partial charge in [-0.1, -0.05) is 0 Å². The van der Waals surface area contributed by atoms with Gasteiger partial charge in [0, 0.05) is 7.11 Å². The van der Waals surface area contributed by atoms with Crippen molar-refractivity contribution in [2.75, 3.05) is 13.7 Å². The second-order valence-electron chi connectivity index (χ2n) is 4.44. The molecule has 1 unspecified atom stereocenters. The molecule has 0 spiro atoms. The number of nitriles is 1. The smallest absolute Gasteiger partial charge is 0.120 e. The molecule has 3 heteroatoms. The summed E-state index contributed by atoms with van der Waals surface area (Å²) in [5.74, 6) is 0.814. The number of hydrogen-bond acceptors (Lipinski definition) is 3. The largest absolute Gasteiger partial charge is 0.486 e. The highest BCUT2D eigenvalue weighted by molar-refractivity contribution is 5.34. The maximum absolute atomic E-state index is 8.73. The maximum atomic E-state index is 8.73. The van der Waals surface area contributed by atoms with Gasteiger partial charge in [-0.15, -0.1) is 0 Å². The van der Waals surface area contributed by atoms with Crippen LogP contribution in [0.1, 0.15) is 24.8 Å². The average Bonchev–Trinajstić information content (AvgIpc) is 2.40. The Bertz CT molecular complexity index is 456. The summed E-state index contributed by atoms with van der Waals surface area (Å²) in [5.41, 5.74) is 1.96. The Hall–Kier alpha value is -1.79. The van der Waals surface area contributed by atoms with Crippen LogP contribution in [0.4, 0.5) is 0 Å². The lowest BCUT2D eigenvalue weighted by molar-refractivity contribution is 0.200. The molecule has 0 amide bonds. The Morgan fingerprint density at radius 1 is 1.33 bits per heavy atom. The molecule has 0 N–H and O–H groups in total. The normalized spacial score (nSPS) is 18.9. The Labute approximate surface area is 108 Å². The Kier molecular flexibility index (Phi) is 4.38. The van der Waals surface area contributed by atoms with Crippen LogP contribution in [-0.2, 0) is 4.74 Å². The SMILES string of the molecule is COCC1=CC(Oc2ccc(C#N)cc2)CCC1. The van der Waals surface area contributed by atoms with Crippen molar-refractivity contribution in [3.05, 3.63) is 41.5 Å². The molecular weight excluding hydrogens is 226 g/mol. The van der Waals surface area contributed by atoms with Crippen molar-refractivity contribution in [3.63, 3.8) is 0 Å². The number of rotatable bonds is 4. The lowest BCUT2D eigenvalue weighted by Gasteiger charge is -2.22. The average molecular weight is 243 g/mol. The third kappa shape index (κ3) is 3.35. The van der Waals surface area contributed by atoms with Gasteiger partial charge < -0.3 is 9.47 Å². The first-order chi connectivity index (χ1) is 8.81. The molecule has 2 rings (SSSR count). The molecule has 0 heterocycles. The predicted octanol–water partition coefficient (Wildman–Crippen LogP) is 3.06. The lowest BCUT2D eigenvalue weighted by Crippen LogP contribution is -2.19. The number of hydrogen-bond donors (Lipinski definition) is 0. The molecule has 0 bridgehead atoms. The second-order valence-corrected chi connectivity index (χ2v) is 4.44. The second kappa shape index (κ2) is 6.23. The fourth-order valence-electron chi connectivity index (χ4n) is 2.14. The van der Waals surface area contributed by atoms with Crippen molar-refractivity contribution in [2.45, 2.75) is 25.4 Å². The summed E-state index contributed by atoms with van der Waals surface area (Å²) in [7, 11) is 1.71. The van der Waals surface area contributed by atoms with E-state index in [1.54, 1.807) is 19.2 Å². The summed E-state index contributed by atoms with van der Waals surface area (Å²) < 4.78 is 11.0. The van der Waals surface area contributed by atoms with Gasteiger partial charge in [-0.05, 0) is 55.2 Å². The van der Waals surface area contributed by atoms with Crippen LogP contribution >= 0.6 is 0 Å². The van der Waals surface area contributed by atoms with E-state index < -0.39 is 0 Å². The summed E-state index contributed by atoms with van der Waals surface area (Å²) in [6.07, 6.45) is 5.55. The number of ether oxygens (including phenoxy) is 2. The van der Waals surface area contributed by atoms with Gasteiger partial charge in [-0.2, -0.15) is 5.26 Å². The molecule has 1 aliphatic carbocycles. The van der Waals surface area contributed by atoms with Gasteiger partial charge in [0.05, 0.1) is 18.2 Å². The summed E-state index contributed by atoms with van der Waals surface area (Å²) >= 11 is 0. The fraction of sp³-hybridized carbons (Fsp3) is 0.400. The Morgan fingerprint density at radius 3 is 2.78 bits per heavy atom. The van der Waals surface area contributed by atoms with E-state index >= 15 is 0 Å². The first-order valence-electron chi connectivity index (χ1n) is 6.17. The molecule has 0 saturated carbocycles. The third-order valence-electron chi connectivity index (χ3n) is 3.01. The summed E-state index contributed by atoms with van der Waals surface area (Å²) in [4.78, 5) is 0. The zero-order chi connectivity index (χ0) is 12.8. The van der Waals surface area contributed by atoms with Gasteiger partial charge in [-0.25, -0.2) is 0 Å². The fourth-order valence-corrected chi connectivity index (χ4v) is 2.14. The van der Waals surface area contributed by atoms with E-state index in [-0.39, 0.29) is 6.10 Å². The highest BCUT2D eigenvalue weighted by Gasteiger charge is 2.14. The minimum atomic E-state index is 0.122. The van der Waals surface area contributed by atoms with Gasteiger partial charge in [-0.3, -0.25) is 0 Å². The quantitative estimate of drug-likeness (QED) is 0.763. The van der Waals surface area contributed by atoms with Crippen LogP contribution in [0.15, 0.2) is 35.9 Å². The first kappa shape index (κ1) is 12.7. The van der Waals surface area contributed by atoms with Crippen molar-refractivity contribution < 1.29 is 9.47 Å². The van der Waals surface area contributed by atoms with E-state index in [1.165, 1.54) is 5.57 Å². The van der Waals surface area contributed by atoms with Crippen LogP contribution in [-0.4, -0.2) is 19.8 Å². The third-order valence-corrected chi connectivity index (χ3v) is 3.01. The van der Waals surface area contributed by atoms with Crippen molar-refractivity contribution in [1.82, 2.24) is 0 Å². The minimum Gasteiger partial charge on any atom is -0.486 e. The van der Waals surface area contributed by atoms with Crippen LogP contribution in [0.5, 0.6) is 5.75 Å². The highest BCUT2D eigenvalue weighted by atomic mass is 16.5. The summed E-state index contributed by atoms with van der Waals surface area (Å²) in [6.45, 7) is 0.688. The van der Waals surface area contributed by atoms with E-state index in [0.717, 1.165) is 25.0 Å². The summed E-state index contributed by atoms with van der Waals surface area (Å²) in [5, 5.41) is 8.73. The van der Waals surface area contributed by atoms with E-state index in [1.807, 2.05) is 12.1 Å². The van der Waals surface area contributed by atoms with Crippen LogP contribution in [0.25, 0.3) is 0 Å². The lowest BCUT2D eigenvalue weighted by atomic mass is 9.98. The minimum absolute atomic E-state index is 0.122. The molecule has 1 aromatic carbocycles. The molecule has 1 aromatic rings. The maximum Gasteiger partial charge on any atom is 0.120 e. The van der Waals surface area contributed by atoms with Gasteiger partial charge in [0.25, 0.3) is 0 Å². The predicted molar refractivity (Wildman–Crippen MR) is 69.4 cm³/mol. The molecule has 0 fully saturated rings. The number of methoxy groups -OCH3 is 1. The molecule has 1 atom stereocenters. The zero-order valence-electron chi connectivity index (χ0n) is 10.6. The molecule has 0 aliphatic heterocycles. The molecule has 0 aromatic heterocycles. The standard InChI is InChI=1S/C15H17NO2/c1-17-11-13-3-2-4-15(9-13)18-14-7-5-12(10-16)6-8-14/h5-9,15H,2-4,11H2,1H3. The molecule has 0 radical (unpaired) electrons. The zero-order valence-corrected chi connectivity index (χ0v) is 10.6. The van der Waals surface area contributed by atoms with Crippen LogP contribution < -0.4 is 4.74 Å². The van der Waals surface area contributed by atoms with Crippen LogP contribution in [0.2, 0.25) is 0 Å². The first-order valence-corrected chi connectivity index (χ1v) is 6.17. The monoisotopic (exact) mass is 243 g/mol. The highest BCUT2D eigenvalue weighted by Crippen LogP contribution is 2.23. The van der Waals surface area contributed by atoms with E-state index in [9.17, 15) is 0 Å².